The van der Waals surface area contributed by atoms with E-state index in [2.05, 4.69) is 15.0 Å². The average molecular weight is 402 g/mol. The Labute approximate surface area is 162 Å². The van der Waals surface area contributed by atoms with Crippen LogP contribution in [0.3, 0.4) is 0 Å². The highest BCUT2D eigenvalue weighted by atomic mass is 35.5. The summed E-state index contributed by atoms with van der Waals surface area (Å²) in [6.45, 7) is 0.247. The van der Waals surface area contributed by atoms with E-state index in [1.807, 2.05) is 6.07 Å². The predicted octanol–water partition coefficient (Wildman–Crippen LogP) is 3.47. The fourth-order valence-electron chi connectivity index (χ4n) is 2.35. The van der Waals surface area contributed by atoms with E-state index >= 15 is 0 Å². The highest BCUT2D eigenvalue weighted by Gasteiger charge is 2.16. The Kier molecular flexibility index (Phi) is 5.73. The van der Waals surface area contributed by atoms with Crippen LogP contribution in [0.1, 0.15) is 16.1 Å². The van der Waals surface area contributed by atoms with E-state index in [9.17, 15) is 13.2 Å². The van der Waals surface area contributed by atoms with E-state index in [-0.39, 0.29) is 22.9 Å². The van der Waals surface area contributed by atoms with Gasteiger partial charge in [0, 0.05) is 16.8 Å². The highest BCUT2D eigenvalue weighted by molar-refractivity contribution is 7.92. The summed E-state index contributed by atoms with van der Waals surface area (Å²) >= 11 is 5.88. The molecular weight excluding hydrogens is 386 g/mol. The van der Waals surface area contributed by atoms with Crippen molar-refractivity contribution >= 4 is 33.2 Å². The zero-order valence-electron chi connectivity index (χ0n) is 14.1. The fourth-order valence-corrected chi connectivity index (χ4v) is 3.63. The predicted molar refractivity (Wildman–Crippen MR) is 104 cm³/mol. The molecule has 0 aliphatic heterocycles. The molecule has 138 valence electrons. The zero-order valence-corrected chi connectivity index (χ0v) is 15.7. The van der Waals surface area contributed by atoms with Crippen LogP contribution in [0.4, 0.5) is 5.69 Å². The van der Waals surface area contributed by atoms with Crippen LogP contribution in [0, 0.1) is 0 Å². The average Bonchev–Trinajstić information content (AvgIpc) is 2.67. The summed E-state index contributed by atoms with van der Waals surface area (Å²) in [7, 11) is -3.85. The third-order valence-corrected chi connectivity index (χ3v) is 5.25. The molecule has 0 aliphatic carbocycles. The summed E-state index contributed by atoms with van der Waals surface area (Å²) in [6.07, 6.45) is 1.64. The lowest BCUT2D eigenvalue weighted by molar-refractivity contribution is 0.0950. The van der Waals surface area contributed by atoms with Crippen molar-refractivity contribution in [2.75, 3.05) is 4.72 Å². The van der Waals surface area contributed by atoms with Gasteiger partial charge in [-0.1, -0.05) is 29.8 Å². The molecule has 0 saturated carbocycles. The van der Waals surface area contributed by atoms with Gasteiger partial charge < -0.3 is 5.32 Å². The fraction of sp³-hybridized carbons (Fsp3) is 0.0526. The van der Waals surface area contributed by atoms with Gasteiger partial charge in [-0.05, 0) is 48.5 Å². The van der Waals surface area contributed by atoms with Crippen molar-refractivity contribution < 1.29 is 13.2 Å². The van der Waals surface area contributed by atoms with Crippen molar-refractivity contribution in [3.05, 3.63) is 89.2 Å². The molecule has 2 N–H and O–H groups in total. The van der Waals surface area contributed by atoms with Crippen molar-refractivity contribution in [2.45, 2.75) is 11.4 Å². The number of nitrogens with one attached hydrogen (secondary N) is 2. The summed E-state index contributed by atoms with van der Waals surface area (Å²) in [4.78, 5) is 16.4. The van der Waals surface area contributed by atoms with Crippen molar-refractivity contribution in [2.24, 2.45) is 0 Å². The van der Waals surface area contributed by atoms with Gasteiger partial charge in [0.1, 0.15) is 0 Å². The van der Waals surface area contributed by atoms with Crippen molar-refractivity contribution in [1.29, 1.82) is 0 Å². The normalized spacial score (nSPS) is 11.0. The number of hydrogen-bond donors (Lipinski definition) is 2. The third-order valence-electron chi connectivity index (χ3n) is 3.64. The first-order valence-corrected chi connectivity index (χ1v) is 9.87. The van der Waals surface area contributed by atoms with Gasteiger partial charge in [-0.25, -0.2) is 8.42 Å². The summed E-state index contributed by atoms with van der Waals surface area (Å²) in [5.41, 5.74) is 1.28. The van der Waals surface area contributed by atoms with E-state index in [4.69, 9.17) is 11.6 Å². The van der Waals surface area contributed by atoms with E-state index in [1.54, 1.807) is 42.6 Å². The van der Waals surface area contributed by atoms with Crippen LogP contribution >= 0.6 is 11.6 Å². The van der Waals surface area contributed by atoms with Gasteiger partial charge in [0.25, 0.3) is 15.9 Å². The van der Waals surface area contributed by atoms with Gasteiger partial charge in [-0.15, -0.1) is 0 Å². The summed E-state index contributed by atoms with van der Waals surface area (Å²) in [5.74, 6) is -0.388. The van der Waals surface area contributed by atoms with E-state index in [0.717, 1.165) is 0 Å². The molecule has 0 atom stereocenters. The molecule has 1 amide bonds. The number of benzene rings is 2. The summed E-state index contributed by atoms with van der Waals surface area (Å²) in [5, 5.41) is 3.13. The number of pyridine rings is 1. The Balaban J connectivity index is 1.75. The van der Waals surface area contributed by atoms with Gasteiger partial charge in [-0.3, -0.25) is 14.5 Å². The minimum Gasteiger partial charge on any atom is -0.346 e. The third kappa shape index (κ3) is 5.06. The first-order valence-electron chi connectivity index (χ1n) is 8.01. The number of carbonyl (C=O) groups is 1. The standard InChI is InChI=1S/C19H16ClN3O3S/c20-15-6-4-8-16(12-15)23-27(25,26)18-9-3-5-14(11-18)19(24)22-13-17-7-1-2-10-21-17/h1-12,23H,13H2,(H,22,24). The molecule has 3 aromatic rings. The second-order valence-corrected chi connectivity index (χ2v) is 7.77. The number of aromatic nitrogens is 1. The second kappa shape index (κ2) is 8.20. The SMILES string of the molecule is O=C(NCc1ccccn1)c1cccc(S(=O)(=O)Nc2cccc(Cl)c2)c1. The number of carbonyl (C=O) groups excluding carboxylic acids is 1. The van der Waals surface area contributed by atoms with Crippen LogP contribution in [-0.2, 0) is 16.6 Å². The molecule has 8 heteroatoms. The minimum atomic E-state index is -3.85. The van der Waals surface area contributed by atoms with Crippen LogP contribution in [0.25, 0.3) is 0 Å². The van der Waals surface area contributed by atoms with Gasteiger partial charge >= 0.3 is 0 Å². The highest BCUT2D eigenvalue weighted by Crippen LogP contribution is 2.20. The molecule has 1 heterocycles. The number of halogens is 1. The molecule has 2 aromatic carbocycles. The molecule has 3 rings (SSSR count). The van der Waals surface area contributed by atoms with Crippen molar-refractivity contribution in [1.82, 2.24) is 10.3 Å². The molecule has 0 bridgehead atoms. The number of anilines is 1. The molecule has 0 spiro atoms. The zero-order chi connectivity index (χ0) is 19.3. The Bertz CT molecular complexity index is 1060. The first-order chi connectivity index (χ1) is 12.9. The lowest BCUT2D eigenvalue weighted by Crippen LogP contribution is -2.23. The van der Waals surface area contributed by atoms with Gasteiger partial charge in [0.15, 0.2) is 0 Å². The molecule has 6 nitrogen and oxygen atoms in total. The van der Waals surface area contributed by atoms with Crippen LogP contribution < -0.4 is 10.0 Å². The van der Waals surface area contributed by atoms with Gasteiger partial charge in [0.2, 0.25) is 0 Å². The van der Waals surface area contributed by atoms with Crippen LogP contribution in [0.2, 0.25) is 5.02 Å². The maximum Gasteiger partial charge on any atom is 0.261 e. The lowest BCUT2D eigenvalue weighted by atomic mass is 10.2. The Hall–Kier alpha value is -2.90. The molecule has 0 saturated heterocycles. The second-order valence-electron chi connectivity index (χ2n) is 5.65. The van der Waals surface area contributed by atoms with E-state index in [0.29, 0.717) is 16.4 Å². The Morgan fingerprint density at radius 3 is 2.56 bits per heavy atom. The molecular formula is C19H16ClN3O3S. The molecule has 1 aromatic heterocycles. The molecule has 0 aliphatic rings. The smallest absolute Gasteiger partial charge is 0.261 e. The summed E-state index contributed by atoms with van der Waals surface area (Å²) in [6, 6.07) is 17.6. The van der Waals surface area contributed by atoms with Gasteiger partial charge in [0.05, 0.1) is 22.8 Å². The largest absolute Gasteiger partial charge is 0.346 e. The number of amides is 1. The Morgan fingerprint density at radius 1 is 1.00 bits per heavy atom. The lowest BCUT2D eigenvalue weighted by Gasteiger charge is -2.10. The van der Waals surface area contributed by atoms with E-state index in [1.165, 1.54) is 24.3 Å². The molecule has 27 heavy (non-hydrogen) atoms. The van der Waals surface area contributed by atoms with Crippen LogP contribution in [0.15, 0.2) is 77.8 Å². The number of nitrogens with zero attached hydrogens (tertiary/aromatic N) is 1. The maximum absolute atomic E-state index is 12.6. The molecule has 0 fully saturated rings. The van der Waals surface area contributed by atoms with Crippen molar-refractivity contribution in [3.63, 3.8) is 0 Å². The summed E-state index contributed by atoms with van der Waals surface area (Å²) < 4.78 is 27.6. The maximum atomic E-state index is 12.6. The first kappa shape index (κ1) is 18.9. The topological polar surface area (TPSA) is 88.2 Å². The van der Waals surface area contributed by atoms with Crippen LogP contribution in [-0.4, -0.2) is 19.3 Å². The number of rotatable bonds is 6. The number of sulfonamides is 1. The van der Waals surface area contributed by atoms with Crippen LogP contribution in [0.5, 0.6) is 0 Å². The Morgan fingerprint density at radius 2 is 1.81 bits per heavy atom. The number of hydrogen-bond acceptors (Lipinski definition) is 4. The van der Waals surface area contributed by atoms with Crippen molar-refractivity contribution in [3.8, 4) is 0 Å². The minimum absolute atomic E-state index is 0.0204. The monoisotopic (exact) mass is 401 g/mol. The quantitative estimate of drug-likeness (QED) is 0.662. The molecule has 0 radical (unpaired) electrons. The van der Waals surface area contributed by atoms with E-state index < -0.39 is 10.0 Å². The molecule has 0 unspecified atom stereocenters. The van der Waals surface area contributed by atoms with Gasteiger partial charge in [-0.2, -0.15) is 0 Å².